The summed E-state index contributed by atoms with van der Waals surface area (Å²) < 4.78 is 0. The van der Waals surface area contributed by atoms with Crippen LogP contribution in [0.5, 0.6) is 0 Å². The zero-order chi connectivity index (χ0) is 19.4. The first-order valence-corrected chi connectivity index (χ1v) is 9.92. The minimum atomic E-state index is 1.07. The average Bonchev–Trinajstić information content (AvgIpc) is 2.76. The maximum Gasteiger partial charge on any atom is 0.0718 e. The van der Waals surface area contributed by atoms with E-state index < -0.39 is 0 Å². The molecule has 0 fully saturated rings. The lowest BCUT2D eigenvalue weighted by atomic mass is 9.95. The van der Waals surface area contributed by atoms with Crippen molar-refractivity contribution in [2.45, 2.75) is 34.6 Å². The molecule has 0 aliphatic heterocycles. The molecule has 5 aromatic rings. The van der Waals surface area contributed by atoms with Crippen LogP contribution in [0.15, 0.2) is 72.8 Å². The minimum absolute atomic E-state index is 1.07. The predicted octanol–water partition coefficient (Wildman–Crippen LogP) is 8.06. The Morgan fingerprint density at radius 3 is 1.37 bits per heavy atom. The molecule has 0 saturated heterocycles. The zero-order valence-corrected chi connectivity index (χ0v) is 16.9. The molecule has 0 aliphatic rings. The number of fused-ring (bicyclic) bond motifs is 6. The van der Waals surface area contributed by atoms with Gasteiger partial charge in [-0.1, -0.05) is 88.4 Å². The van der Waals surface area contributed by atoms with Gasteiger partial charge < -0.3 is 0 Å². The summed E-state index contributed by atoms with van der Waals surface area (Å²) in [5.74, 6) is 0. The van der Waals surface area contributed by atoms with Crippen LogP contribution in [0.25, 0.3) is 43.4 Å². The van der Waals surface area contributed by atoms with Crippen molar-refractivity contribution >= 4 is 43.4 Å². The van der Waals surface area contributed by atoms with Gasteiger partial charge in [-0.2, -0.15) is 0 Å². The van der Waals surface area contributed by atoms with E-state index in [4.69, 9.17) is 4.98 Å². The van der Waals surface area contributed by atoms with Crippen molar-refractivity contribution < 1.29 is 0 Å². The van der Waals surface area contributed by atoms with Crippen molar-refractivity contribution in [2.75, 3.05) is 0 Å². The molecular weight excluding hydrogens is 326 g/mol. The Hall–Kier alpha value is -2.93. The number of benzene rings is 4. The highest BCUT2D eigenvalue weighted by Crippen LogP contribution is 2.34. The smallest absolute Gasteiger partial charge is 0.0718 e. The predicted molar refractivity (Wildman–Crippen MR) is 122 cm³/mol. The van der Waals surface area contributed by atoms with E-state index in [1.165, 1.54) is 37.9 Å². The second kappa shape index (κ2) is 8.18. The zero-order valence-electron chi connectivity index (χ0n) is 16.9. The van der Waals surface area contributed by atoms with E-state index in [0.29, 0.717) is 0 Å². The molecule has 1 aromatic heterocycles. The van der Waals surface area contributed by atoms with E-state index in [0.717, 1.165) is 11.0 Å². The second-order valence-electron chi connectivity index (χ2n) is 6.10. The number of pyridine rings is 1. The van der Waals surface area contributed by atoms with Gasteiger partial charge in [0.1, 0.15) is 0 Å². The van der Waals surface area contributed by atoms with Crippen molar-refractivity contribution in [3.8, 4) is 0 Å². The molecule has 136 valence electrons. The summed E-state index contributed by atoms with van der Waals surface area (Å²) in [7, 11) is 0. The van der Waals surface area contributed by atoms with Crippen LogP contribution < -0.4 is 0 Å². The maximum absolute atomic E-state index is 4.94. The van der Waals surface area contributed by atoms with Gasteiger partial charge in [0.05, 0.1) is 11.0 Å². The molecule has 0 unspecified atom stereocenters. The van der Waals surface area contributed by atoms with Crippen LogP contribution in [-0.4, -0.2) is 4.98 Å². The van der Waals surface area contributed by atoms with E-state index in [-0.39, 0.29) is 0 Å². The lowest BCUT2D eigenvalue weighted by Crippen LogP contribution is -1.90. The standard InChI is InChI=1S/C22H15N.2C2H6/c1-14-21-17-8-4-2-6-15(17)10-12-19(21)23-20-13-11-16-7-3-5-9-18(16)22(14)20;2*1-2/h2-13H,1H3;2*1-2H3. The lowest BCUT2D eigenvalue weighted by molar-refractivity contribution is 1.47. The van der Waals surface area contributed by atoms with Crippen LogP contribution in [0, 0.1) is 6.92 Å². The van der Waals surface area contributed by atoms with E-state index in [9.17, 15) is 0 Å². The van der Waals surface area contributed by atoms with E-state index in [2.05, 4.69) is 79.7 Å². The third kappa shape index (κ3) is 3.14. The fraction of sp³-hybridized carbons (Fsp3) is 0.192. The first-order valence-electron chi connectivity index (χ1n) is 9.92. The summed E-state index contributed by atoms with van der Waals surface area (Å²) in [6, 6.07) is 25.7. The summed E-state index contributed by atoms with van der Waals surface area (Å²) in [5.41, 5.74) is 3.46. The van der Waals surface area contributed by atoms with E-state index >= 15 is 0 Å². The van der Waals surface area contributed by atoms with Gasteiger partial charge in [0, 0.05) is 10.8 Å². The van der Waals surface area contributed by atoms with Gasteiger partial charge in [-0.3, -0.25) is 0 Å². The third-order valence-corrected chi connectivity index (χ3v) is 4.80. The first kappa shape index (κ1) is 18.8. The Labute approximate surface area is 161 Å². The Morgan fingerprint density at radius 1 is 0.519 bits per heavy atom. The number of aromatic nitrogens is 1. The normalized spacial score (nSPS) is 10.4. The maximum atomic E-state index is 4.94. The molecule has 1 heteroatoms. The van der Waals surface area contributed by atoms with Crippen LogP contribution in [-0.2, 0) is 0 Å². The second-order valence-corrected chi connectivity index (χ2v) is 6.10. The summed E-state index contributed by atoms with van der Waals surface area (Å²) in [5, 5.41) is 7.64. The van der Waals surface area contributed by atoms with Gasteiger partial charge in [0.25, 0.3) is 0 Å². The molecule has 27 heavy (non-hydrogen) atoms. The largest absolute Gasteiger partial charge is 0.248 e. The molecule has 0 aliphatic carbocycles. The Bertz CT molecular complexity index is 1120. The summed E-state index contributed by atoms with van der Waals surface area (Å²) in [6.45, 7) is 10.2. The molecule has 0 radical (unpaired) electrons. The van der Waals surface area contributed by atoms with Crippen molar-refractivity contribution in [3.05, 3.63) is 78.4 Å². The number of nitrogens with zero attached hydrogens (tertiary/aromatic N) is 1. The monoisotopic (exact) mass is 353 g/mol. The van der Waals surface area contributed by atoms with Crippen LogP contribution in [0.3, 0.4) is 0 Å². The van der Waals surface area contributed by atoms with Crippen LogP contribution >= 0.6 is 0 Å². The molecule has 1 nitrogen and oxygen atoms in total. The van der Waals surface area contributed by atoms with Gasteiger partial charge in [-0.25, -0.2) is 4.98 Å². The van der Waals surface area contributed by atoms with E-state index in [1.54, 1.807) is 0 Å². The molecule has 1 heterocycles. The number of hydrogen-bond donors (Lipinski definition) is 0. The average molecular weight is 354 g/mol. The Morgan fingerprint density at radius 2 is 0.926 bits per heavy atom. The Balaban J connectivity index is 0.000000495. The number of aryl methyl sites for hydroxylation is 1. The summed E-state index contributed by atoms with van der Waals surface area (Å²) in [6.07, 6.45) is 0. The first-order chi connectivity index (χ1) is 13.3. The summed E-state index contributed by atoms with van der Waals surface area (Å²) in [4.78, 5) is 4.94. The molecule has 0 bridgehead atoms. The molecule has 0 amide bonds. The number of rotatable bonds is 0. The SMILES string of the molecule is CC.CC.Cc1c2c(ccc3ccccc32)nc2ccc3ccccc3c12. The highest BCUT2D eigenvalue weighted by Gasteiger charge is 2.11. The van der Waals surface area contributed by atoms with Gasteiger partial charge in [-0.15, -0.1) is 0 Å². The summed E-state index contributed by atoms with van der Waals surface area (Å²) >= 11 is 0. The van der Waals surface area contributed by atoms with Gasteiger partial charge in [0.2, 0.25) is 0 Å². The molecule has 0 N–H and O–H groups in total. The van der Waals surface area contributed by atoms with Gasteiger partial charge >= 0.3 is 0 Å². The van der Waals surface area contributed by atoms with Gasteiger partial charge in [-0.05, 0) is 46.2 Å². The quantitative estimate of drug-likeness (QED) is 0.203. The van der Waals surface area contributed by atoms with Crippen molar-refractivity contribution in [1.29, 1.82) is 0 Å². The number of hydrogen-bond acceptors (Lipinski definition) is 1. The van der Waals surface area contributed by atoms with Crippen LogP contribution in [0.2, 0.25) is 0 Å². The molecular formula is C26H27N. The fourth-order valence-corrected chi connectivity index (χ4v) is 3.75. The molecule has 4 aromatic carbocycles. The van der Waals surface area contributed by atoms with Crippen molar-refractivity contribution in [3.63, 3.8) is 0 Å². The molecule has 0 spiro atoms. The van der Waals surface area contributed by atoms with Crippen LogP contribution in [0.4, 0.5) is 0 Å². The third-order valence-electron chi connectivity index (χ3n) is 4.80. The topological polar surface area (TPSA) is 12.9 Å². The molecule has 0 atom stereocenters. The Kier molecular flexibility index (Phi) is 5.71. The van der Waals surface area contributed by atoms with E-state index in [1.807, 2.05) is 27.7 Å². The lowest BCUT2D eigenvalue weighted by Gasteiger charge is -2.12. The highest BCUT2D eigenvalue weighted by molar-refractivity contribution is 6.17. The van der Waals surface area contributed by atoms with Crippen molar-refractivity contribution in [1.82, 2.24) is 4.98 Å². The minimum Gasteiger partial charge on any atom is -0.248 e. The van der Waals surface area contributed by atoms with Gasteiger partial charge in [0.15, 0.2) is 0 Å². The van der Waals surface area contributed by atoms with Crippen LogP contribution in [0.1, 0.15) is 33.3 Å². The molecule has 5 rings (SSSR count). The fourth-order valence-electron chi connectivity index (χ4n) is 3.75. The molecule has 0 saturated carbocycles. The highest BCUT2D eigenvalue weighted by atomic mass is 14.7. The van der Waals surface area contributed by atoms with Crippen molar-refractivity contribution in [2.24, 2.45) is 0 Å².